The first-order valence-corrected chi connectivity index (χ1v) is 5.70. The molecule has 17 heavy (non-hydrogen) atoms. The fourth-order valence-electron chi connectivity index (χ4n) is 1.88. The number of anilines is 1. The van der Waals surface area contributed by atoms with Crippen LogP contribution in [-0.4, -0.2) is 48.6 Å². The molecule has 0 spiro atoms. The number of rotatable bonds is 2. The van der Waals surface area contributed by atoms with Gasteiger partial charge in [-0.1, -0.05) is 0 Å². The first kappa shape index (κ1) is 11.8. The zero-order chi connectivity index (χ0) is 12.3. The standard InChI is InChI=1S/C11H17N5O/c1-8-5-14-11(15-6-8)16-4-3-13-7-9(16)10(17)12-2/h5-6,9,13H,3-4,7H2,1-2H3,(H,12,17). The molecule has 0 saturated carbocycles. The van der Waals surface area contributed by atoms with E-state index in [1.807, 2.05) is 11.8 Å². The van der Waals surface area contributed by atoms with E-state index < -0.39 is 0 Å². The van der Waals surface area contributed by atoms with Crippen LogP contribution in [0.25, 0.3) is 0 Å². The SMILES string of the molecule is CNC(=O)C1CNCCN1c1ncc(C)cn1. The van der Waals surface area contributed by atoms with Crippen molar-refractivity contribution in [2.24, 2.45) is 0 Å². The molecule has 1 amide bonds. The highest BCUT2D eigenvalue weighted by atomic mass is 16.2. The Balaban J connectivity index is 2.21. The number of likely N-dealkylation sites (N-methyl/N-ethyl adjacent to an activating group) is 1. The molecule has 2 rings (SSSR count). The largest absolute Gasteiger partial charge is 0.357 e. The van der Waals surface area contributed by atoms with Gasteiger partial charge < -0.3 is 15.5 Å². The zero-order valence-corrected chi connectivity index (χ0v) is 10.1. The maximum absolute atomic E-state index is 11.8. The van der Waals surface area contributed by atoms with Crippen LogP contribution in [0, 0.1) is 6.92 Å². The highest BCUT2D eigenvalue weighted by molar-refractivity contribution is 5.85. The monoisotopic (exact) mass is 235 g/mol. The van der Waals surface area contributed by atoms with E-state index in [4.69, 9.17) is 0 Å². The number of carbonyl (C=O) groups is 1. The Morgan fingerprint density at radius 1 is 1.53 bits per heavy atom. The van der Waals surface area contributed by atoms with Gasteiger partial charge in [-0.3, -0.25) is 4.79 Å². The van der Waals surface area contributed by atoms with Crippen molar-refractivity contribution in [1.29, 1.82) is 0 Å². The lowest BCUT2D eigenvalue weighted by Gasteiger charge is -2.34. The summed E-state index contributed by atoms with van der Waals surface area (Å²) in [6, 6.07) is -0.239. The number of nitrogens with zero attached hydrogens (tertiary/aromatic N) is 3. The van der Waals surface area contributed by atoms with E-state index in [-0.39, 0.29) is 11.9 Å². The minimum Gasteiger partial charge on any atom is -0.357 e. The van der Waals surface area contributed by atoms with Gasteiger partial charge in [0.2, 0.25) is 11.9 Å². The van der Waals surface area contributed by atoms with Crippen molar-refractivity contribution in [2.75, 3.05) is 31.6 Å². The number of amides is 1. The van der Waals surface area contributed by atoms with Crippen molar-refractivity contribution in [1.82, 2.24) is 20.6 Å². The van der Waals surface area contributed by atoms with E-state index >= 15 is 0 Å². The van der Waals surface area contributed by atoms with E-state index in [0.29, 0.717) is 12.5 Å². The summed E-state index contributed by atoms with van der Waals surface area (Å²) in [5, 5.41) is 5.87. The third-order valence-corrected chi connectivity index (χ3v) is 2.82. The Kier molecular flexibility index (Phi) is 3.53. The average Bonchev–Trinajstić information content (AvgIpc) is 2.39. The number of aromatic nitrogens is 2. The Bertz CT molecular complexity index is 391. The molecule has 1 saturated heterocycles. The molecule has 2 heterocycles. The Labute approximate surface area is 100 Å². The number of aryl methyl sites for hydroxylation is 1. The van der Waals surface area contributed by atoms with Crippen LogP contribution in [0.5, 0.6) is 0 Å². The van der Waals surface area contributed by atoms with Crippen LogP contribution >= 0.6 is 0 Å². The fourth-order valence-corrected chi connectivity index (χ4v) is 1.88. The van der Waals surface area contributed by atoms with Crippen molar-refractivity contribution in [3.63, 3.8) is 0 Å². The van der Waals surface area contributed by atoms with Crippen LogP contribution in [0.1, 0.15) is 5.56 Å². The molecule has 1 aliphatic heterocycles. The van der Waals surface area contributed by atoms with Gasteiger partial charge >= 0.3 is 0 Å². The predicted molar refractivity (Wildman–Crippen MR) is 64.8 cm³/mol. The number of piperazine rings is 1. The minimum atomic E-state index is -0.239. The van der Waals surface area contributed by atoms with Gasteiger partial charge in [-0.05, 0) is 12.5 Å². The Morgan fingerprint density at radius 3 is 2.88 bits per heavy atom. The van der Waals surface area contributed by atoms with Crippen LogP contribution in [0.3, 0.4) is 0 Å². The number of nitrogens with one attached hydrogen (secondary N) is 2. The molecular formula is C11H17N5O. The van der Waals surface area contributed by atoms with Gasteiger partial charge in [0.25, 0.3) is 0 Å². The summed E-state index contributed by atoms with van der Waals surface area (Å²) < 4.78 is 0. The number of hydrogen-bond acceptors (Lipinski definition) is 5. The second-order valence-electron chi connectivity index (χ2n) is 4.09. The molecule has 92 valence electrons. The normalized spacial score (nSPS) is 20.1. The van der Waals surface area contributed by atoms with Crippen molar-refractivity contribution in [2.45, 2.75) is 13.0 Å². The third kappa shape index (κ3) is 2.52. The molecule has 0 aromatic carbocycles. The average molecular weight is 235 g/mol. The van der Waals surface area contributed by atoms with Gasteiger partial charge in [-0.2, -0.15) is 0 Å². The van der Waals surface area contributed by atoms with E-state index in [1.165, 1.54) is 0 Å². The van der Waals surface area contributed by atoms with E-state index in [0.717, 1.165) is 18.7 Å². The van der Waals surface area contributed by atoms with Crippen molar-refractivity contribution in [3.8, 4) is 0 Å². The first-order valence-electron chi connectivity index (χ1n) is 5.70. The van der Waals surface area contributed by atoms with Crippen molar-refractivity contribution < 1.29 is 4.79 Å². The topological polar surface area (TPSA) is 70.2 Å². The molecule has 1 aromatic rings. The minimum absolute atomic E-state index is 0.0126. The maximum atomic E-state index is 11.8. The summed E-state index contributed by atoms with van der Waals surface area (Å²) >= 11 is 0. The van der Waals surface area contributed by atoms with Crippen LogP contribution < -0.4 is 15.5 Å². The lowest BCUT2D eigenvalue weighted by atomic mass is 10.2. The number of carbonyl (C=O) groups excluding carboxylic acids is 1. The highest BCUT2D eigenvalue weighted by Crippen LogP contribution is 2.12. The second kappa shape index (κ2) is 5.09. The zero-order valence-electron chi connectivity index (χ0n) is 10.1. The third-order valence-electron chi connectivity index (χ3n) is 2.82. The van der Waals surface area contributed by atoms with Gasteiger partial charge in [0.05, 0.1) is 0 Å². The molecule has 2 N–H and O–H groups in total. The maximum Gasteiger partial charge on any atom is 0.243 e. The molecule has 6 heteroatoms. The van der Waals surface area contributed by atoms with Crippen molar-refractivity contribution in [3.05, 3.63) is 18.0 Å². The van der Waals surface area contributed by atoms with Crippen molar-refractivity contribution >= 4 is 11.9 Å². The van der Waals surface area contributed by atoms with Gasteiger partial charge in [0, 0.05) is 39.1 Å². The molecule has 1 aliphatic rings. The van der Waals surface area contributed by atoms with E-state index in [2.05, 4.69) is 20.6 Å². The summed E-state index contributed by atoms with van der Waals surface area (Å²) in [6.07, 6.45) is 3.54. The molecule has 0 radical (unpaired) electrons. The second-order valence-corrected chi connectivity index (χ2v) is 4.09. The Morgan fingerprint density at radius 2 is 2.24 bits per heavy atom. The predicted octanol–water partition coefficient (Wildman–Crippen LogP) is -0.691. The van der Waals surface area contributed by atoms with E-state index in [1.54, 1.807) is 19.4 Å². The van der Waals surface area contributed by atoms with Crippen LogP contribution in [-0.2, 0) is 4.79 Å². The molecule has 0 bridgehead atoms. The summed E-state index contributed by atoms with van der Waals surface area (Å²) in [6.45, 7) is 4.14. The lowest BCUT2D eigenvalue weighted by Crippen LogP contribution is -2.58. The summed E-state index contributed by atoms with van der Waals surface area (Å²) in [4.78, 5) is 22.3. The highest BCUT2D eigenvalue weighted by Gasteiger charge is 2.29. The Hall–Kier alpha value is -1.69. The fraction of sp³-hybridized carbons (Fsp3) is 0.545. The molecule has 6 nitrogen and oxygen atoms in total. The lowest BCUT2D eigenvalue weighted by molar-refractivity contribution is -0.122. The number of hydrogen-bond donors (Lipinski definition) is 2. The quantitative estimate of drug-likeness (QED) is 0.710. The molecule has 1 aromatic heterocycles. The first-order chi connectivity index (χ1) is 8.22. The molecule has 1 atom stereocenters. The molecule has 1 fully saturated rings. The van der Waals surface area contributed by atoms with Crippen LogP contribution in [0.2, 0.25) is 0 Å². The van der Waals surface area contributed by atoms with Gasteiger partial charge in [0.1, 0.15) is 6.04 Å². The van der Waals surface area contributed by atoms with Gasteiger partial charge in [-0.15, -0.1) is 0 Å². The van der Waals surface area contributed by atoms with Crippen LogP contribution in [0.15, 0.2) is 12.4 Å². The smallest absolute Gasteiger partial charge is 0.243 e. The molecular weight excluding hydrogens is 218 g/mol. The molecule has 0 aliphatic carbocycles. The van der Waals surface area contributed by atoms with E-state index in [9.17, 15) is 4.79 Å². The van der Waals surface area contributed by atoms with Crippen LogP contribution in [0.4, 0.5) is 5.95 Å². The molecule has 1 unspecified atom stereocenters. The van der Waals surface area contributed by atoms with Gasteiger partial charge in [0.15, 0.2) is 0 Å². The van der Waals surface area contributed by atoms with Gasteiger partial charge in [-0.25, -0.2) is 9.97 Å². The summed E-state index contributed by atoms with van der Waals surface area (Å²) in [5.74, 6) is 0.604. The summed E-state index contributed by atoms with van der Waals surface area (Å²) in [5.41, 5.74) is 1.01. The summed E-state index contributed by atoms with van der Waals surface area (Å²) in [7, 11) is 1.64.